The second-order valence-corrected chi connectivity index (χ2v) is 9.57. The zero-order chi connectivity index (χ0) is 20.8. The van der Waals surface area contributed by atoms with Crippen LogP contribution in [0.1, 0.15) is 25.3 Å². The number of aliphatic imine (C=N–C) groups is 1. The molecule has 1 aromatic heterocycles. The van der Waals surface area contributed by atoms with Gasteiger partial charge in [-0.3, -0.25) is 4.99 Å². The van der Waals surface area contributed by atoms with Crippen molar-refractivity contribution in [2.24, 2.45) is 4.99 Å². The third-order valence-corrected chi connectivity index (χ3v) is 7.02. The van der Waals surface area contributed by atoms with Crippen LogP contribution in [0.2, 0.25) is 0 Å². The molecule has 0 bridgehead atoms. The maximum absolute atomic E-state index is 5.64. The van der Waals surface area contributed by atoms with Gasteiger partial charge in [0.2, 0.25) is 0 Å². The largest absolute Gasteiger partial charge is 0.375 e. The van der Waals surface area contributed by atoms with E-state index >= 15 is 0 Å². The Hall–Kier alpha value is -2.25. The number of guanidine groups is 1. The van der Waals surface area contributed by atoms with Gasteiger partial charge >= 0.3 is 0 Å². The standard InChI is InChI=1S/C23H31N5OS/c1-18-16-28(12-13-29-18)21-14-19(8-11-25-21)15-26-22(24-2)27-17-23(9-10-23)30-20-6-4-3-5-7-20/h3-8,11,14,18H,9-10,12-13,15-17H2,1-2H3,(H2,24,26,27). The maximum atomic E-state index is 5.64. The molecule has 0 amide bonds. The van der Waals surface area contributed by atoms with Crippen LogP contribution in [0.5, 0.6) is 0 Å². The van der Waals surface area contributed by atoms with Crippen LogP contribution >= 0.6 is 11.8 Å². The summed E-state index contributed by atoms with van der Waals surface area (Å²) in [5, 5.41) is 6.97. The van der Waals surface area contributed by atoms with Crippen LogP contribution in [0.4, 0.5) is 5.82 Å². The fourth-order valence-corrected chi connectivity index (χ4v) is 4.86. The van der Waals surface area contributed by atoms with Gasteiger partial charge in [-0.05, 0) is 49.6 Å². The molecule has 160 valence electrons. The van der Waals surface area contributed by atoms with Gasteiger partial charge in [0.05, 0.1) is 12.7 Å². The van der Waals surface area contributed by atoms with E-state index in [1.165, 1.54) is 23.3 Å². The molecular weight excluding hydrogens is 394 g/mol. The number of aromatic nitrogens is 1. The van der Waals surface area contributed by atoms with Crippen molar-refractivity contribution in [2.75, 3.05) is 38.2 Å². The minimum Gasteiger partial charge on any atom is -0.375 e. The van der Waals surface area contributed by atoms with Crippen molar-refractivity contribution in [3.8, 4) is 0 Å². The van der Waals surface area contributed by atoms with Crippen molar-refractivity contribution < 1.29 is 4.74 Å². The van der Waals surface area contributed by atoms with Gasteiger partial charge in [0.25, 0.3) is 0 Å². The van der Waals surface area contributed by atoms with E-state index in [1.54, 1.807) is 0 Å². The topological polar surface area (TPSA) is 61.8 Å². The van der Waals surface area contributed by atoms with Gasteiger partial charge in [-0.2, -0.15) is 0 Å². The molecule has 1 atom stereocenters. The summed E-state index contributed by atoms with van der Waals surface area (Å²) in [5.41, 5.74) is 1.20. The van der Waals surface area contributed by atoms with Crippen LogP contribution in [0.15, 0.2) is 58.5 Å². The summed E-state index contributed by atoms with van der Waals surface area (Å²) in [6.07, 6.45) is 4.61. The van der Waals surface area contributed by atoms with Crippen LogP contribution in [0.25, 0.3) is 0 Å². The van der Waals surface area contributed by atoms with E-state index < -0.39 is 0 Å². The molecule has 6 nitrogen and oxygen atoms in total. The number of thioether (sulfide) groups is 1. The number of nitrogens with zero attached hydrogens (tertiary/aromatic N) is 3. The summed E-state index contributed by atoms with van der Waals surface area (Å²) in [6.45, 7) is 6.26. The Morgan fingerprint density at radius 2 is 2.10 bits per heavy atom. The Bertz CT molecular complexity index is 856. The Kier molecular flexibility index (Phi) is 6.79. The maximum Gasteiger partial charge on any atom is 0.191 e. The highest BCUT2D eigenvalue weighted by molar-refractivity contribution is 8.01. The molecule has 2 N–H and O–H groups in total. The molecule has 1 unspecified atom stereocenters. The van der Waals surface area contributed by atoms with Crippen molar-refractivity contribution in [1.82, 2.24) is 15.6 Å². The lowest BCUT2D eigenvalue weighted by Crippen LogP contribution is -2.42. The molecule has 1 aromatic carbocycles. The molecular formula is C23H31N5OS. The normalized spacial score (nSPS) is 20.7. The van der Waals surface area contributed by atoms with E-state index in [0.29, 0.717) is 6.54 Å². The van der Waals surface area contributed by atoms with E-state index in [0.717, 1.165) is 38.0 Å². The summed E-state index contributed by atoms with van der Waals surface area (Å²) in [6, 6.07) is 14.9. The second-order valence-electron chi connectivity index (χ2n) is 8.03. The van der Waals surface area contributed by atoms with Gasteiger partial charge in [-0.1, -0.05) is 18.2 Å². The third-order valence-electron chi connectivity index (χ3n) is 5.52. The minimum absolute atomic E-state index is 0.244. The molecule has 2 aliphatic rings. The van der Waals surface area contributed by atoms with E-state index in [9.17, 15) is 0 Å². The summed E-state index contributed by atoms with van der Waals surface area (Å²) in [7, 11) is 1.83. The molecule has 1 saturated carbocycles. The molecule has 0 spiro atoms. The van der Waals surface area contributed by atoms with Crippen LogP contribution in [-0.2, 0) is 11.3 Å². The molecule has 2 aromatic rings. The fourth-order valence-electron chi connectivity index (χ4n) is 3.61. The summed E-state index contributed by atoms with van der Waals surface area (Å²) in [5.74, 6) is 1.86. The number of nitrogens with one attached hydrogen (secondary N) is 2. The highest BCUT2D eigenvalue weighted by atomic mass is 32.2. The molecule has 4 rings (SSSR count). The Morgan fingerprint density at radius 3 is 2.83 bits per heavy atom. The molecule has 1 aliphatic heterocycles. The predicted octanol–water partition coefficient (Wildman–Crippen LogP) is 3.30. The molecule has 0 radical (unpaired) electrons. The number of hydrogen-bond donors (Lipinski definition) is 2. The van der Waals surface area contributed by atoms with Crippen molar-refractivity contribution in [3.63, 3.8) is 0 Å². The fraction of sp³-hybridized carbons (Fsp3) is 0.478. The van der Waals surface area contributed by atoms with Crippen molar-refractivity contribution >= 4 is 23.5 Å². The molecule has 2 fully saturated rings. The van der Waals surface area contributed by atoms with E-state index in [-0.39, 0.29) is 10.9 Å². The van der Waals surface area contributed by atoms with Crippen molar-refractivity contribution in [1.29, 1.82) is 0 Å². The lowest BCUT2D eigenvalue weighted by molar-refractivity contribution is 0.0529. The molecule has 7 heteroatoms. The number of morpholine rings is 1. The monoisotopic (exact) mass is 425 g/mol. The molecule has 1 aliphatic carbocycles. The van der Waals surface area contributed by atoms with E-state index in [1.807, 2.05) is 25.0 Å². The first kappa shape index (κ1) is 21.0. The van der Waals surface area contributed by atoms with Crippen LogP contribution in [0, 0.1) is 0 Å². The number of anilines is 1. The lowest BCUT2D eigenvalue weighted by Gasteiger charge is -2.32. The Labute approximate surface area is 183 Å². The number of rotatable bonds is 7. The van der Waals surface area contributed by atoms with Crippen molar-refractivity contribution in [2.45, 2.75) is 42.1 Å². The van der Waals surface area contributed by atoms with Gasteiger partial charge in [-0.15, -0.1) is 11.8 Å². The average molecular weight is 426 g/mol. The summed E-state index contributed by atoms with van der Waals surface area (Å²) in [4.78, 5) is 12.6. The summed E-state index contributed by atoms with van der Waals surface area (Å²) < 4.78 is 5.93. The quantitative estimate of drug-likeness (QED) is 0.524. The van der Waals surface area contributed by atoms with E-state index in [4.69, 9.17) is 4.74 Å². The number of pyridine rings is 1. The second kappa shape index (κ2) is 9.71. The SMILES string of the molecule is CN=C(NCc1ccnc(N2CCOC(C)C2)c1)NCC1(Sc2ccccc2)CC1. The first-order valence-electron chi connectivity index (χ1n) is 10.7. The predicted molar refractivity (Wildman–Crippen MR) is 124 cm³/mol. The smallest absolute Gasteiger partial charge is 0.191 e. The number of benzene rings is 1. The van der Waals surface area contributed by atoms with Gasteiger partial charge in [0, 0.05) is 49.1 Å². The van der Waals surface area contributed by atoms with E-state index in [2.05, 4.69) is 74.9 Å². The Balaban J connectivity index is 1.28. The van der Waals surface area contributed by atoms with Crippen LogP contribution < -0.4 is 15.5 Å². The first-order valence-corrected chi connectivity index (χ1v) is 11.5. The molecule has 1 saturated heterocycles. The average Bonchev–Trinajstić information content (AvgIpc) is 3.54. The van der Waals surface area contributed by atoms with Gasteiger partial charge < -0.3 is 20.3 Å². The molecule has 2 heterocycles. The highest BCUT2D eigenvalue weighted by Gasteiger charge is 2.43. The number of hydrogen-bond acceptors (Lipinski definition) is 5. The van der Waals surface area contributed by atoms with Crippen LogP contribution in [0.3, 0.4) is 0 Å². The minimum atomic E-state index is 0.244. The highest BCUT2D eigenvalue weighted by Crippen LogP contribution is 2.51. The lowest BCUT2D eigenvalue weighted by atomic mass is 10.2. The Morgan fingerprint density at radius 1 is 1.27 bits per heavy atom. The zero-order valence-electron chi connectivity index (χ0n) is 17.8. The van der Waals surface area contributed by atoms with Gasteiger partial charge in [-0.25, -0.2) is 4.98 Å². The zero-order valence-corrected chi connectivity index (χ0v) is 18.6. The van der Waals surface area contributed by atoms with Gasteiger partial charge in [0.15, 0.2) is 5.96 Å². The first-order chi connectivity index (χ1) is 14.7. The summed E-state index contributed by atoms with van der Waals surface area (Å²) >= 11 is 1.97. The third kappa shape index (κ3) is 5.67. The van der Waals surface area contributed by atoms with Crippen LogP contribution in [-0.4, -0.2) is 55.1 Å². The van der Waals surface area contributed by atoms with Gasteiger partial charge in [0.1, 0.15) is 5.82 Å². The van der Waals surface area contributed by atoms with Crippen molar-refractivity contribution in [3.05, 3.63) is 54.2 Å². The molecule has 30 heavy (non-hydrogen) atoms. The number of ether oxygens (including phenoxy) is 1.